The number of hydrogen-bond donors (Lipinski definition) is 2. The number of anilines is 2. The Bertz CT molecular complexity index is 567. The largest absolute Gasteiger partial charge is 0.383 e. The SMILES string of the molecule is C=CCNc1nc(NCCOC)nc2c(C)csc12. The topological polar surface area (TPSA) is 59.1 Å². The van der Waals surface area contributed by atoms with E-state index in [9.17, 15) is 0 Å². The van der Waals surface area contributed by atoms with E-state index in [2.05, 4.69) is 39.5 Å². The molecule has 6 heteroatoms. The van der Waals surface area contributed by atoms with Crippen molar-refractivity contribution in [3.05, 3.63) is 23.6 Å². The maximum atomic E-state index is 5.01. The van der Waals surface area contributed by atoms with Crippen LogP contribution in [0, 0.1) is 6.92 Å². The third-order valence-electron chi connectivity index (χ3n) is 2.60. The number of hydrogen-bond acceptors (Lipinski definition) is 6. The number of thiophene rings is 1. The van der Waals surface area contributed by atoms with Gasteiger partial charge in [0.25, 0.3) is 0 Å². The molecular formula is C13H18N4OS. The normalized spacial score (nSPS) is 10.6. The van der Waals surface area contributed by atoms with Gasteiger partial charge in [-0.25, -0.2) is 4.98 Å². The average molecular weight is 278 g/mol. The lowest BCUT2D eigenvalue weighted by Gasteiger charge is -2.08. The van der Waals surface area contributed by atoms with Gasteiger partial charge >= 0.3 is 0 Å². The molecule has 2 aromatic rings. The van der Waals surface area contributed by atoms with Crippen molar-refractivity contribution in [2.24, 2.45) is 0 Å². The highest BCUT2D eigenvalue weighted by Crippen LogP contribution is 2.30. The van der Waals surface area contributed by atoms with Gasteiger partial charge in [0, 0.05) is 20.2 Å². The lowest BCUT2D eigenvalue weighted by atomic mass is 10.3. The van der Waals surface area contributed by atoms with Crippen LogP contribution in [-0.4, -0.2) is 36.8 Å². The predicted molar refractivity (Wildman–Crippen MR) is 81.2 cm³/mol. The number of rotatable bonds is 7. The summed E-state index contributed by atoms with van der Waals surface area (Å²) in [6.07, 6.45) is 1.81. The molecule has 0 atom stereocenters. The summed E-state index contributed by atoms with van der Waals surface area (Å²) in [7, 11) is 1.67. The van der Waals surface area contributed by atoms with Gasteiger partial charge in [-0.3, -0.25) is 0 Å². The average Bonchev–Trinajstić information content (AvgIpc) is 2.78. The fourth-order valence-electron chi connectivity index (χ4n) is 1.67. The molecule has 0 spiro atoms. The Kier molecular flexibility index (Phi) is 4.70. The lowest BCUT2D eigenvalue weighted by Crippen LogP contribution is -2.11. The van der Waals surface area contributed by atoms with Gasteiger partial charge in [-0.2, -0.15) is 4.98 Å². The molecule has 0 amide bonds. The molecule has 2 heterocycles. The van der Waals surface area contributed by atoms with Crippen LogP contribution in [-0.2, 0) is 4.74 Å². The van der Waals surface area contributed by atoms with Crippen LogP contribution in [0.5, 0.6) is 0 Å². The van der Waals surface area contributed by atoms with Crippen LogP contribution < -0.4 is 10.6 Å². The number of aromatic nitrogens is 2. The first-order valence-corrected chi connectivity index (χ1v) is 6.97. The van der Waals surface area contributed by atoms with Crippen LogP contribution >= 0.6 is 11.3 Å². The van der Waals surface area contributed by atoms with Crippen LogP contribution in [0.2, 0.25) is 0 Å². The smallest absolute Gasteiger partial charge is 0.225 e. The number of aryl methyl sites for hydroxylation is 1. The monoisotopic (exact) mass is 278 g/mol. The molecule has 0 fully saturated rings. The van der Waals surface area contributed by atoms with Crippen molar-refractivity contribution < 1.29 is 4.74 Å². The highest BCUT2D eigenvalue weighted by atomic mass is 32.1. The summed E-state index contributed by atoms with van der Waals surface area (Å²) in [5, 5.41) is 8.51. The second-order valence-electron chi connectivity index (χ2n) is 4.08. The number of nitrogens with one attached hydrogen (secondary N) is 2. The highest BCUT2D eigenvalue weighted by molar-refractivity contribution is 7.18. The van der Waals surface area contributed by atoms with E-state index in [-0.39, 0.29) is 0 Å². The summed E-state index contributed by atoms with van der Waals surface area (Å²) in [6.45, 7) is 7.76. The number of methoxy groups -OCH3 is 1. The zero-order valence-corrected chi connectivity index (χ0v) is 12.0. The molecule has 0 saturated heterocycles. The number of ether oxygens (including phenoxy) is 1. The lowest BCUT2D eigenvalue weighted by molar-refractivity contribution is 0.210. The summed E-state index contributed by atoms with van der Waals surface area (Å²) < 4.78 is 6.09. The van der Waals surface area contributed by atoms with E-state index in [0.717, 1.165) is 16.0 Å². The first kappa shape index (κ1) is 13.8. The van der Waals surface area contributed by atoms with Gasteiger partial charge in [0.15, 0.2) is 0 Å². The summed E-state index contributed by atoms with van der Waals surface area (Å²) in [5.74, 6) is 1.47. The summed E-state index contributed by atoms with van der Waals surface area (Å²) in [5.41, 5.74) is 2.16. The minimum atomic E-state index is 0.623. The van der Waals surface area contributed by atoms with Gasteiger partial charge in [0.2, 0.25) is 5.95 Å². The van der Waals surface area contributed by atoms with Crippen LogP contribution in [0.15, 0.2) is 18.0 Å². The van der Waals surface area contributed by atoms with Crippen LogP contribution in [0.3, 0.4) is 0 Å². The second-order valence-corrected chi connectivity index (χ2v) is 4.96. The van der Waals surface area contributed by atoms with Crippen molar-refractivity contribution in [1.29, 1.82) is 0 Å². The molecular weight excluding hydrogens is 260 g/mol. The maximum absolute atomic E-state index is 5.01. The van der Waals surface area contributed by atoms with Crippen molar-refractivity contribution >= 4 is 33.3 Å². The zero-order valence-electron chi connectivity index (χ0n) is 11.2. The van der Waals surface area contributed by atoms with E-state index in [1.165, 1.54) is 5.56 Å². The van der Waals surface area contributed by atoms with Crippen LogP contribution in [0.1, 0.15) is 5.56 Å². The Hall–Kier alpha value is -1.66. The van der Waals surface area contributed by atoms with E-state index in [1.807, 2.05) is 6.08 Å². The van der Waals surface area contributed by atoms with Gasteiger partial charge < -0.3 is 15.4 Å². The molecule has 2 N–H and O–H groups in total. The van der Waals surface area contributed by atoms with Crippen molar-refractivity contribution in [3.63, 3.8) is 0 Å². The Morgan fingerprint density at radius 2 is 2.26 bits per heavy atom. The van der Waals surface area contributed by atoms with E-state index < -0.39 is 0 Å². The van der Waals surface area contributed by atoms with Crippen molar-refractivity contribution in [1.82, 2.24) is 9.97 Å². The minimum absolute atomic E-state index is 0.623. The third kappa shape index (κ3) is 3.21. The fourth-order valence-corrected chi connectivity index (χ4v) is 2.62. The van der Waals surface area contributed by atoms with Crippen LogP contribution in [0.25, 0.3) is 10.2 Å². The fraction of sp³-hybridized carbons (Fsp3) is 0.385. The number of nitrogens with zero attached hydrogens (tertiary/aromatic N) is 2. The third-order valence-corrected chi connectivity index (χ3v) is 3.69. The zero-order chi connectivity index (χ0) is 13.7. The summed E-state index contributed by atoms with van der Waals surface area (Å²) in [4.78, 5) is 9.04. The summed E-state index contributed by atoms with van der Waals surface area (Å²) in [6, 6.07) is 0. The molecule has 2 aromatic heterocycles. The van der Waals surface area contributed by atoms with Gasteiger partial charge in [0.05, 0.1) is 16.8 Å². The van der Waals surface area contributed by atoms with E-state index in [1.54, 1.807) is 18.4 Å². The molecule has 0 aromatic carbocycles. The Morgan fingerprint density at radius 1 is 1.42 bits per heavy atom. The standard InChI is InChI=1S/C13H18N4OS/c1-4-5-14-12-11-10(9(2)8-19-11)16-13(17-12)15-6-7-18-3/h4,8H,1,5-7H2,2-3H3,(H2,14,15,16,17). The first-order chi connectivity index (χ1) is 9.26. The van der Waals surface area contributed by atoms with Crippen molar-refractivity contribution in [2.75, 3.05) is 37.4 Å². The van der Waals surface area contributed by atoms with E-state index >= 15 is 0 Å². The molecule has 0 aliphatic carbocycles. The van der Waals surface area contributed by atoms with Gasteiger partial charge in [-0.1, -0.05) is 6.08 Å². The van der Waals surface area contributed by atoms with Gasteiger partial charge in [-0.05, 0) is 17.9 Å². The van der Waals surface area contributed by atoms with Crippen LogP contribution in [0.4, 0.5) is 11.8 Å². The Morgan fingerprint density at radius 3 is 3.00 bits per heavy atom. The molecule has 0 saturated carbocycles. The molecule has 0 unspecified atom stereocenters. The molecule has 0 aliphatic heterocycles. The Balaban J connectivity index is 2.31. The highest BCUT2D eigenvalue weighted by Gasteiger charge is 2.10. The molecule has 5 nitrogen and oxygen atoms in total. The minimum Gasteiger partial charge on any atom is -0.383 e. The number of fused-ring (bicyclic) bond motifs is 1. The molecule has 0 aliphatic rings. The molecule has 0 radical (unpaired) electrons. The van der Waals surface area contributed by atoms with Gasteiger partial charge in [0.1, 0.15) is 5.82 Å². The second kappa shape index (κ2) is 6.49. The first-order valence-electron chi connectivity index (χ1n) is 6.09. The quantitative estimate of drug-likeness (QED) is 0.602. The van der Waals surface area contributed by atoms with E-state index in [4.69, 9.17) is 4.74 Å². The molecule has 2 rings (SSSR count). The molecule has 102 valence electrons. The van der Waals surface area contributed by atoms with Gasteiger partial charge in [-0.15, -0.1) is 17.9 Å². The maximum Gasteiger partial charge on any atom is 0.225 e. The molecule has 19 heavy (non-hydrogen) atoms. The Labute approximate surface area is 116 Å². The van der Waals surface area contributed by atoms with Crippen molar-refractivity contribution in [3.8, 4) is 0 Å². The van der Waals surface area contributed by atoms with Crippen molar-refractivity contribution in [2.45, 2.75) is 6.92 Å². The summed E-state index contributed by atoms with van der Waals surface area (Å²) >= 11 is 1.65. The molecule has 0 bridgehead atoms. The van der Waals surface area contributed by atoms with E-state index in [0.29, 0.717) is 25.6 Å². The predicted octanol–water partition coefficient (Wildman–Crippen LogP) is 2.66.